The van der Waals surface area contributed by atoms with Crippen molar-refractivity contribution in [1.29, 1.82) is 0 Å². The van der Waals surface area contributed by atoms with Gasteiger partial charge in [0, 0.05) is 32.4 Å². The van der Waals surface area contributed by atoms with Gasteiger partial charge in [0.25, 0.3) is 0 Å². The molecular formula is C17H28N2O2S. The number of hydrogen-bond donors (Lipinski definition) is 0. The van der Waals surface area contributed by atoms with Crippen molar-refractivity contribution in [2.75, 3.05) is 31.3 Å². The minimum Gasteiger partial charge on any atom is -0.378 e. The maximum Gasteiger partial charge on any atom is 0.214 e. The standard InChI is InChI=1S/C17H28N2O2S/c1-14(2)10-12-22(20,21)19-11-6-9-17(19)15-7-5-8-16(13-15)18(3)4/h5,7-8,13-14,17H,6,9-12H2,1-4H3/t17-/m0/s1. The van der Waals surface area contributed by atoms with E-state index in [1.165, 1.54) is 0 Å². The summed E-state index contributed by atoms with van der Waals surface area (Å²) in [6.45, 7) is 4.78. The van der Waals surface area contributed by atoms with Crippen LogP contribution >= 0.6 is 0 Å². The lowest BCUT2D eigenvalue weighted by atomic mass is 10.0. The summed E-state index contributed by atoms with van der Waals surface area (Å²) < 4.78 is 27.0. The van der Waals surface area contributed by atoms with Crippen molar-refractivity contribution in [1.82, 2.24) is 4.31 Å². The number of hydrogen-bond acceptors (Lipinski definition) is 3. The van der Waals surface area contributed by atoms with E-state index in [1.54, 1.807) is 4.31 Å². The molecule has 1 aliphatic heterocycles. The average Bonchev–Trinajstić information content (AvgIpc) is 2.96. The Bertz CT molecular complexity index is 596. The van der Waals surface area contributed by atoms with Gasteiger partial charge in [0.05, 0.1) is 5.75 Å². The summed E-state index contributed by atoms with van der Waals surface area (Å²) >= 11 is 0. The minimum atomic E-state index is -3.17. The van der Waals surface area contributed by atoms with Gasteiger partial charge in [-0.2, -0.15) is 4.31 Å². The van der Waals surface area contributed by atoms with E-state index >= 15 is 0 Å². The molecule has 1 aliphatic rings. The molecule has 1 fully saturated rings. The summed E-state index contributed by atoms with van der Waals surface area (Å²) in [5.41, 5.74) is 2.22. The zero-order valence-corrected chi connectivity index (χ0v) is 14.9. The van der Waals surface area contributed by atoms with Gasteiger partial charge in [0.2, 0.25) is 10.0 Å². The Morgan fingerprint density at radius 2 is 2.05 bits per heavy atom. The zero-order chi connectivity index (χ0) is 16.3. The summed E-state index contributed by atoms with van der Waals surface area (Å²) in [5, 5.41) is 0. The van der Waals surface area contributed by atoms with Crippen LogP contribution in [0.2, 0.25) is 0 Å². The highest BCUT2D eigenvalue weighted by Crippen LogP contribution is 2.35. The Hall–Kier alpha value is -1.07. The van der Waals surface area contributed by atoms with Crippen LogP contribution in [0.25, 0.3) is 0 Å². The maximum atomic E-state index is 12.7. The van der Waals surface area contributed by atoms with Crippen LogP contribution in [-0.2, 0) is 10.0 Å². The Morgan fingerprint density at radius 1 is 1.32 bits per heavy atom. The topological polar surface area (TPSA) is 40.6 Å². The first kappa shape index (κ1) is 17.3. The quantitative estimate of drug-likeness (QED) is 0.806. The third-order valence-electron chi connectivity index (χ3n) is 4.29. The summed E-state index contributed by atoms with van der Waals surface area (Å²) in [4.78, 5) is 2.05. The van der Waals surface area contributed by atoms with Gasteiger partial charge in [-0.1, -0.05) is 26.0 Å². The molecule has 0 N–H and O–H groups in total. The van der Waals surface area contributed by atoms with Crippen LogP contribution in [0.3, 0.4) is 0 Å². The highest BCUT2D eigenvalue weighted by atomic mass is 32.2. The normalized spacial score (nSPS) is 19.8. The lowest BCUT2D eigenvalue weighted by Gasteiger charge is -2.26. The molecule has 2 rings (SSSR count). The largest absolute Gasteiger partial charge is 0.378 e. The SMILES string of the molecule is CC(C)CCS(=O)(=O)N1CCC[C@H]1c1cccc(N(C)C)c1. The molecule has 0 radical (unpaired) electrons. The van der Waals surface area contributed by atoms with Crippen molar-refractivity contribution >= 4 is 15.7 Å². The molecular weight excluding hydrogens is 296 g/mol. The second-order valence-corrected chi connectivity index (χ2v) is 8.80. The van der Waals surface area contributed by atoms with Crippen LogP contribution in [0, 0.1) is 5.92 Å². The van der Waals surface area contributed by atoms with E-state index in [-0.39, 0.29) is 11.8 Å². The van der Waals surface area contributed by atoms with Gasteiger partial charge in [-0.15, -0.1) is 0 Å². The van der Waals surface area contributed by atoms with E-state index in [1.807, 2.05) is 26.2 Å². The third kappa shape index (κ3) is 4.02. The van der Waals surface area contributed by atoms with E-state index in [9.17, 15) is 8.42 Å². The van der Waals surface area contributed by atoms with Crippen LogP contribution in [0.5, 0.6) is 0 Å². The van der Waals surface area contributed by atoms with Crippen molar-refractivity contribution in [3.63, 3.8) is 0 Å². The van der Waals surface area contributed by atoms with Gasteiger partial charge in [-0.05, 0) is 42.9 Å². The van der Waals surface area contributed by atoms with Crippen molar-refractivity contribution in [3.05, 3.63) is 29.8 Å². The zero-order valence-electron chi connectivity index (χ0n) is 14.1. The fourth-order valence-electron chi connectivity index (χ4n) is 2.92. The Balaban J connectivity index is 2.22. The van der Waals surface area contributed by atoms with Gasteiger partial charge in [-0.3, -0.25) is 0 Å². The lowest BCUT2D eigenvalue weighted by molar-refractivity contribution is 0.394. The van der Waals surface area contributed by atoms with Gasteiger partial charge in [-0.25, -0.2) is 8.42 Å². The van der Waals surface area contributed by atoms with Crippen molar-refractivity contribution in [2.45, 2.75) is 39.2 Å². The molecule has 0 aliphatic carbocycles. The van der Waals surface area contributed by atoms with Gasteiger partial charge in [0.15, 0.2) is 0 Å². The molecule has 124 valence electrons. The molecule has 5 heteroatoms. The molecule has 0 bridgehead atoms. The summed E-state index contributed by atoms with van der Waals surface area (Å²) in [6.07, 6.45) is 2.58. The number of anilines is 1. The summed E-state index contributed by atoms with van der Waals surface area (Å²) in [5.74, 6) is 0.669. The van der Waals surface area contributed by atoms with Crippen molar-refractivity contribution in [2.24, 2.45) is 5.92 Å². The highest BCUT2D eigenvalue weighted by Gasteiger charge is 2.34. The van der Waals surface area contributed by atoms with Crippen LogP contribution < -0.4 is 4.90 Å². The van der Waals surface area contributed by atoms with Crippen molar-refractivity contribution in [3.8, 4) is 0 Å². The second-order valence-electron chi connectivity index (χ2n) is 6.76. The predicted molar refractivity (Wildman–Crippen MR) is 92.7 cm³/mol. The first-order chi connectivity index (χ1) is 10.3. The van der Waals surface area contributed by atoms with Gasteiger partial charge in [0.1, 0.15) is 0 Å². The molecule has 4 nitrogen and oxygen atoms in total. The minimum absolute atomic E-state index is 0.00272. The molecule has 22 heavy (non-hydrogen) atoms. The molecule has 1 saturated heterocycles. The van der Waals surface area contributed by atoms with Crippen LogP contribution in [0.15, 0.2) is 24.3 Å². The van der Waals surface area contributed by atoms with Crippen molar-refractivity contribution < 1.29 is 8.42 Å². The number of benzene rings is 1. The molecule has 1 aromatic carbocycles. The van der Waals surface area contributed by atoms with Gasteiger partial charge < -0.3 is 4.90 Å². The summed E-state index contributed by atoms with van der Waals surface area (Å²) in [6, 6.07) is 8.23. The van der Waals surface area contributed by atoms with Crippen LogP contribution in [0.1, 0.15) is 44.7 Å². The van der Waals surface area contributed by atoms with E-state index in [4.69, 9.17) is 0 Å². The Kier molecular flexibility index (Phi) is 5.50. The molecule has 0 amide bonds. The molecule has 0 aromatic heterocycles. The molecule has 0 spiro atoms. The monoisotopic (exact) mass is 324 g/mol. The van der Waals surface area contributed by atoms with Crippen LogP contribution in [0.4, 0.5) is 5.69 Å². The van der Waals surface area contributed by atoms with Gasteiger partial charge >= 0.3 is 0 Å². The molecule has 1 atom stereocenters. The molecule has 0 saturated carbocycles. The average molecular weight is 324 g/mol. The number of rotatable bonds is 6. The maximum absolute atomic E-state index is 12.7. The first-order valence-electron chi connectivity index (χ1n) is 8.08. The number of sulfonamides is 1. The second kappa shape index (κ2) is 7.01. The predicted octanol–water partition coefficient (Wildman–Crippen LogP) is 3.27. The first-order valence-corrected chi connectivity index (χ1v) is 9.69. The van der Waals surface area contributed by atoms with Crippen LogP contribution in [-0.4, -0.2) is 39.1 Å². The Labute approximate surface area is 135 Å². The third-order valence-corrected chi connectivity index (χ3v) is 6.19. The van der Waals surface area contributed by atoms with E-state index in [2.05, 4.69) is 30.9 Å². The highest BCUT2D eigenvalue weighted by molar-refractivity contribution is 7.89. The smallest absolute Gasteiger partial charge is 0.214 e. The van der Waals surface area contributed by atoms with E-state index in [0.29, 0.717) is 12.5 Å². The van der Waals surface area contributed by atoms with E-state index < -0.39 is 10.0 Å². The Morgan fingerprint density at radius 3 is 2.68 bits per heavy atom. The number of nitrogens with zero attached hydrogens (tertiary/aromatic N) is 2. The molecule has 1 heterocycles. The fraction of sp³-hybridized carbons (Fsp3) is 0.647. The van der Waals surface area contributed by atoms with E-state index in [0.717, 1.165) is 30.5 Å². The lowest BCUT2D eigenvalue weighted by Crippen LogP contribution is -2.33. The molecule has 0 unspecified atom stereocenters. The molecule has 1 aromatic rings. The fourth-order valence-corrected chi connectivity index (χ4v) is 4.94. The summed E-state index contributed by atoms with van der Waals surface area (Å²) in [7, 11) is 0.844.